The third-order valence-electron chi connectivity index (χ3n) is 2.61. The van der Waals surface area contributed by atoms with Crippen molar-refractivity contribution in [1.82, 2.24) is 0 Å². The molecule has 17 heavy (non-hydrogen) atoms. The molecule has 0 amide bonds. The SMILES string of the molecule is C[Si]OCCOCc1cccc2ccccc12. The van der Waals surface area contributed by atoms with E-state index in [1.807, 2.05) is 6.55 Å². The predicted octanol–water partition coefficient (Wildman–Crippen LogP) is 3.04. The minimum atomic E-state index is 0.540. The molecule has 0 aliphatic heterocycles. The maximum absolute atomic E-state index is 5.61. The van der Waals surface area contributed by atoms with Crippen LogP contribution >= 0.6 is 0 Å². The molecule has 0 atom stereocenters. The summed E-state index contributed by atoms with van der Waals surface area (Å²) in [4.78, 5) is 0. The highest BCUT2D eigenvalue weighted by molar-refractivity contribution is 6.24. The van der Waals surface area contributed by atoms with Gasteiger partial charge in [0.1, 0.15) is 0 Å². The van der Waals surface area contributed by atoms with Crippen LogP contribution in [-0.2, 0) is 15.8 Å². The molecule has 2 nitrogen and oxygen atoms in total. The van der Waals surface area contributed by atoms with Crippen LogP contribution in [0.15, 0.2) is 42.5 Å². The van der Waals surface area contributed by atoms with Gasteiger partial charge in [-0.2, -0.15) is 0 Å². The average Bonchev–Trinajstić information content (AvgIpc) is 2.39. The highest BCUT2D eigenvalue weighted by Crippen LogP contribution is 2.18. The molecule has 0 bridgehead atoms. The molecule has 2 radical (unpaired) electrons. The van der Waals surface area contributed by atoms with E-state index in [0.29, 0.717) is 29.6 Å². The van der Waals surface area contributed by atoms with E-state index in [9.17, 15) is 0 Å². The molecule has 0 saturated heterocycles. The van der Waals surface area contributed by atoms with Crippen LogP contribution in [-0.4, -0.2) is 23.0 Å². The second-order valence-electron chi connectivity index (χ2n) is 3.74. The molecule has 3 heteroatoms. The third kappa shape index (κ3) is 3.39. The normalized spacial score (nSPS) is 10.9. The lowest BCUT2D eigenvalue weighted by Gasteiger charge is -2.07. The number of fused-ring (bicyclic) bond motifs is 1. The van der Waals surface area contributed by atoms with Crippen molar-refractivity contribution in [2.75, 3.05) is 13.2 Å². The van der Waals surface area contributed by atoms with E-state index in [1.54, 1.807) is 0 Å². The van der Waals surface area contributed by atoms with Gasteiger partial charge in [-0.05, 0) is 22.9 Å². The highest BCUT2D eigenvalue weighted by atomic mass is 28.2. The van der Waals surface area contributed by atoms with E-state index in [-0.39, 0.29) is 0 Å². The molecule has 0 saturated carbocycles. The van der Waals surface area contributed by atoms with Crippen molar-refractivity contribution in [3.05, 3.63) is 48.0 Å². The van der Waals surface area contributed by atoms with Gasteiger partial charge in [-0.15, -0.1) is 0 Å². The average molecular weight is 244 g/mol. The van der Waals surface area contributed by atoms with Crippen LogP contribution in [0.1, 0.15) is 5.56 Å². The molecule has 0 aromatic heterocycles. The summed E-state index contributed by atoms with van der Waals surface area (Å²) in [5, 5.41) is 2.54. The molecule has 0 N–H and O–H groups in total. The number of benzene rings is 2. The largest absolute Gasteiger partial charge is 0.415 e. The standard InChI is InChI=1S/C14H16O2Si/c1-17-16-10-9-15-11-13-7-4-6-12-5-2-3-8-14(12)13/h2-8H,9-11H2,1H3. The Labute approximate surface area is 104 Å². The zero-order valence-electron chi connectivity index (χ0n) is 9.98. The third-order valence-corrected chi connectivity index (χ3v) is 3.10. The lowest BCUT2D eigenvalue weighted by molar-refractivity contribution is 0.0911. The first kappa shape index (κ1) is 12.3. The summed E-state index contributed by atoms with van der Waals surface area (Å²) in [6, 6.07) is 14.7. The van der Waals surface area contributed by atoms with Crippen LogP contribution in [0.5, 0.6) is 0 Å². The summed E-state index contributed by atoms with van der Waals surface area (Å²) in [6.45, 7) is 4.01. The van der Waals surface area contributed by atoms with Gasteiger partial charge in [-0.3, -0.25) is 0 Å². The molecule has 0 heterocycles. The zero-order chi connectivity index (χ0) is 11.9. The fraction of sp³-hybridized carbons (Fsp3) is 0.286. The van der Waals surface area contributed by atoms with Gasteiger partial charge >= 0.3 is 0 Å². The molecule has 0 aliphatic carbocycles. The first-order valence-corrected chi connectivity index (χ1v) is 7.15. The van der Waals surface area contributed by atoms with Crippen LogP contribution in [0, 0.1) is 0 Å². The Morgan fingerprint density at radius 2 is 1.82 bits per heavy atom. The number of hydrogen-bond donors (Lipinski definition) is 0. The van der Waals surface area contributed by atoms with Crippen LogP contribution in [0.3, 0.4) is 0 Å². The molecule has 0 unspecified atom stereocenters. The Hall–Kier alpha value is -1.16. The van der Waals surface area contributed by atoms with E-state index in [1.165, 1.54) is 16.3 Å². The Kier molecular flexibility index (Phi) is 4.73. The summed E-state index contributed by atoms with van der Waals surface area (Å²) >= 11 is 0. The summed E-state index contributed by atoms with van der Waals surface area (Å²) in [6.07, 6.45) is 0. The number of hydrogen-bond acceptors (Lipinski definition) is 2. The molecular formula is C14H16O2Si. The zero-order valence-corrected chi connectivity index (χ0v) is 11.0. The van der Waals surface area contributed by atoms with Crippen LogP contribution in [0.2, 0.25) is 6.55 Å². The Balaban J connectivity index is 1.98. The topological polar surface area (TPSA) is 18.5 Å². The first-order chi connectivity index (χ1) is 8.42. The second-order valence-corrected chi connectivity index (χ2v) is 4.44. The highest BCUT2D eigenvalue weighted by Gasteiger charge is 1.99. The van der Waals surface area contributed by atoms with E-state index >= 15 is 0 Å². The minimum Gasteiger partial charge on any atom is -0.415 e. The summed E-state index contributed by atoms with van der Waals surface area (Å²) in [5.74, 6) is 0. The van der Waals surface area contributed by atoms with Gasteiger partial charge in [0.25, 0.3) is 0 Å². The van der Waals surface area contributed by atoms with Gasteiger partial charge in [0, 0.05) is 0 Å². The quantitative estimate of drug-likeness (QED) is 0.574. The molecule has 2 aromatic carbocycles. The summed E-state index contributed by atoms with van der Waals surface area (Å²) in [7, 11) is 0.540. The Morgan fingerprint density at radius 3 is 2.71 bits per heavy atom. The van der Waals surface area contributed by atoms with Crippen molar-refractivity contribution >= 4 is 20.5 Å². The summed E-state index contributed by atoms with van der Waals surface area (Å²) < 4.78 is 10.9. The van der Waals surface area contributed by atoms with Crippen molar-refractivity contribution in [3.8, 4) is 0 Å². The monoisotopic (exact) mass is 244 g/mol. The lowest BCUT2D eigenvalue weighted by Crippen LogP contribution is -2.05. The first-order valence-electron chi connectivity index (χ1n) is 5.75. The van der Waals surface area contributed by atoms with E-state index in [2.05, 4.69) is 42.5 Å². The van der Waals surface area contributed by atoms with Crippen LogP contribution in [0.4, 0.5) is 0 Å². The molecule has 2 aromatic rings. The molecule has 0 fully saturated rings. The maximum atomic E-state index is 5.61. The van der Waals surface area contributed by atoms with Gasteiger partial charge in [0.15, 0.2) is 0 Å². The maximum Gasteiger partial charge on any atom is 0.226 e. The lowest BCUT2D eigenvalue weighted by atomic mass is 10.1. The van der Waals surface area contributed by atoms with Gasteiger partial charge in [0.05, 0.1) is 19.8 Å². The van der Waals surface area contributed by atoms with Crippen LogP contribution < -0.4 is 0 Å². The molecular weight excluding hydrogens is 228 g/mol. The van der Waals surface area contributed by atoms with Crippen molar-refractivity contribution in [1.29, 1.82) is 0 Å². The molecule has 2 rings (SSSR count). The fourth-order valence-electron chi connectivity index (χ4n) is 1.80. The van der Waals surface area contributed by atoms with Gasteiger partial charge < -0.3 is 9.16 Å². The Bertz CT molecular complexity index is 465. The Morgan fingerprint density at radius 1 is 1.00 bits per heavy atom. The van der Waals surface area contributed by atoms with Crippen molar-refractivity contribution in [2.24, 2.45) is 0 Å². The smallest absolute Gasteiger partial charge is 0.226 e. The van der Waals surface area contributed by atoms with E-state index in [4.69, 9.17) is 9.16 Å². The summed E-state index contributed by atoms with van der Waals surface area (Å²) in [5.41, 5.74) is 1.24. The molecule has 88 valence electrons. The minimum absolute atomic E-state index is 0.540. The molecule has 0 spiro atoms. The second kappa shape index (κ2) is 6.54. The van der Waals surface area contributed by atoms with E-state index < -0.39 is 0 Å². The van der Waals surface area contributed by atoms with Crippen molar-refractivity contribution in [3.63, 3.8) is 0 Å². The van der Waals surface area contributed by atoms with Gasteiger partial charge in [0.2, 0.25) is 9.76 Å². The van der Waals surface area contributed by atoms with Crippen molar-refractivity contribution < 1.29 is 9.16 Å². The van der Waals surface area contributed by atoms with Gasteiger partial charge in [-0.25, -0.2) is 0 Å². The molecule has 0 aliphatic rings. The predicted molar refractivity (Wildman–Crippen MR) is 71.2 cm³/mol. The number of ether oxygens (including phenoxy) is 1. The van der Waals surface area contributed by atoms with Crippen molar-refractivity contribution in [2.45, 2.75) is 13.2 Å². The fourth-order valence-corrected chi connectivity index (χ4v) is 2.09. The van der Waals surface area contributed by atoms with Gasteiger partial charge in [-0.1, -0.05) is 42.5 Å². The number of rotatable bonds is 6. The van der Waals surface area contributed by atoms with Crippen LogP contribution in [0.25, 0.3) is 10.8 Å². The van der Waals surface area contributed by atoms with E-state index in [0.717, 1.165) is 0 Å².